The minimum absolute atomic E-state index is 0.0858. The second kappa shape index (κ2) is 9.02. The Balaban J connectivity index is 1.34. The van der Waals surface area contributed by atoms with Crippen molar-refractivity contribution in [1.82, 2.24) is 0 Å². The van der Waals surface area contributed by atoms with E-state index in [1.54, 1.807) is 24.3 Å². The molecule has 2 nitrogen and oxygen atoms in total. The minimum atomic E-state index is -3.35. The van der Waals surface area contributed by atoms with Crippen molar-refractivity contribution in [3.63, 3.8) is 0 Å². The normalized spacial score (nSPS) is 18.7. The summed E-state index contributed by atoms with van der Waals surface area (Å²) in [5.41, 5.74) is 1.36. The van der Waals surface area contributed by atoms with Crippen LogP contribution >= 0.6 is 0 Å². The fraction of sp³-hybridized carbons (Fsp3) is 0.333. The molecule has 3 aromatic rings. The van der Waals surface area contributed by atoms with Crippen molar-refractivity contribution in [3.8, 4) is 28.0 Å². The summed E-state index contributed by atoms with van der Waals surface area (Å²) in [7, 11) is 0. The highest BCUT2D eigenvalue weighted by Gasteiger charge is 2.42. The van der Waals surface area contributed by atoms with Gasteiger partial charge in [-0.05, 0) is 36.1 Å². The Bertz CT molecular complexity index is 1180. The highest BCUT2D eigenvalue weighted by molar-refractivity contribution is 5.71. The Morgan fingerprint density at radius 3 is 2.00 bits per heavy atom. The van der Waals surface area contributed by atoms with Crippen molar-refractivity contribution in [2.24, 2.45) is 5.92 Å². The Hall–Kier alpha value is -2.93. The second-order valence-electron chi connectivity index (χ2n) is 8.87. The van der Waals surface area contributed by atoms with Crippen LogP contribution in [0.2, 0.25) is 0 Å². The maximum absolute atomic E-state index is 14.8. The number of benzene rings is 3. The maximum atomic E-state index is 14.8. The molecule has 0 spiro atoms. The lowest BCUT2D eigenvalue weighted by Gasteiger charge is -2.29. The summed E-state index contributed by atoms with van der Waals surface area (Å²) in [6, 6.07) is 12.9. The quantitative estimate of drug-likeness (QED) is 0.266. The summed E-state index contributed by atoms with van der Waals surface area (Å²) in [6.07, 6.45) is -0.551. The molecule has 1 heterocycles. The first-order valence-corrected chi connectivity index (χ1v) is 11.4. The molecule has 5 rings (SSSR count). The van der Waals surface area contributed by atoms with E-state index in [4.69, 9.17) is 9.47 Å². The molecule has 1 aliphatic heterocycles. The van der Waals surface area contributed by atoms with Crippen LogP contribution < -0.4 is 4.74 Å². The average molecular weight is 474 g/mol. The van der Waals surface area contributed by atoms with Crippen LogP contribution in [0.5, 0.6) is 5.75 Å². The number of ether oxygens (including phenoxy) is 2. The highest BCUT2D eigenvalue weighted by Crippen LogP contribution is 2.39. The smallest absolute Gasteiger partial charge is 0.400 e. The van der Waals surface area contributed by atoms with Crippen molar-refractivity contribution in [2.45, 2.75) is 44.3 Å². The number of hydrogen-bond acceptors (Lipinski definition) is 2. The van der Waals surface area contributed by atoms with Gasteiger partial charge in [0.1, 0.15) is 17.7 Å². The molecule has 34 heavy (non-hydrogen) atoms. The predicted octanol–water partition coefficient (Wildman–Crippen LogP) is 8.06. The van der Waals surface area contributed by atoms with Gasteiger partial charge in [0.05, 0.1) is 12.5 Å². The molecule has 1 aliphatic carbocycles. The Labute approximate surface area is 194 Å². The molecule has 1 saturated carbocycles. The van der Waals surface area contributed by atoms with Gasteiger partial charge < -0.3 is 9.47 Å². The number of halogens is 5. The molecule has 2 fully saturated rings. The Kier molecular flexibility index (Phi) is 6.06. The molecular formula is C27H23F5O2. The SMILES string of the molecule is Fc1cc(OC(F)(F)C2CCCCC2)ccc1-c1ccc(-c2ccc(C3CO3)c(F)c2F)cc1. The van der Waals surface area contributed by atoms with Crippen LogP contribution in [-0.4, -0.2) is 12.7 Å². The standard InChI is InChI=1S/C27H23F5O2/c28-23-14-19(34-27(31,32)18-4-2-1-3-5-18)10-11-20(23)16-6-8-17(9-7-16)21-12-13-22(24-15-33-24)26(30)25(21)29/h6-14,18,24H,1-5,15H2. The van der Waals surface area contributed by atoms with E-state index in [9.17, 15) is 22.0 Å². The van der Waals surface area contributed by atoms with Crippen LogP contribution in [-0.2, 0) is 4.74 Å². The molecule has 2 aliphatic rings. The van der Waals surface area contributed by atoms with E-state index in [2.05, 4.69) is 0 Å². The highest BCUT2D eigenvalue weighted by atomic mass is 19.3. The van der Waals surface area contributed by atoms with Crippen LogP contribution in [0.25, 0.3) is 22.3 Å². The molecule has 0 radical (unpaired) electrons. The van der Waals surface area contributed by atoms with Gasteiger partial charge in [-0.25, -0.2) is 13.2 Å². The third-order valence-corrected chi connectivity index (χ3v) is 6.57. The van der Waals surface area contributed by atoms with E-state index in [1.165, 1.54) is 24.3 Å². The molecule has 1 atom stereocenters. The van der Waals surface area contributed by atoms with E-state index in [0.29, 0.717) is 30.6 Å². The van der Waals surface area contributed by atoms with Crippen molar-refractivity contribution in [2.75, 3.05) is 6.61 Å². The molecule has 3 aromatic carbocycles. The zero-order valence-corrected chi connectivity index (χ0v) is 18.3. The van der Waals surface area contributed by atoms with E-state index >= 15 is 0 Å². The van der Waals surface area contributed by atoms with Crippen molar-refractivity contribution in [3.05, 3.63) is 77.6 Å². The molecule has 0 aromatic heterocycles. The van der Waals surface area contributed by atoms with Crippen molar-refractivity contribution in [1.29, 1.82) is 0 Å². The summed E-state index contributed by atoms with van der Waals surface area (Å²) >= 11 is 0. The van der Waals surface area contributed by atoms with Gasteiger partial charge in [0.25, 0.3) is 0 Å². The minimum Gasteiger partial charge on any atom is -0.432 e. The molecule has 0 amide bonds. The van der Waals surface area contributed by atoms with Gasteiger partial charge in [-0.3, -0.25) is 0 Å². The van der Waals surface area contributed by atoms with E-state index in [0.717, 1.165) is 25.3 Å². The van der Waals surface area contributed by atoms with Crippen LogP contribution in [0.4, 0.5) is 22.0 Å². The molecule has 1 saturated heterocycles. The van der Waals surface area contributed by atoms with Gasteiger partial charge in [-0.2, -0.15) is 8.78 Å². The average Bonchev–Trinajstić information content (AvgIpc) is 3.67. The van der Waals surface area contributed by atoms with Crippen LogP contribution in [0.15, 0.2) is 54.6 Å². The van der Waals surface area contributed by atoms with Gasteiger partial charge in [0.15, 0.2) is 11.6 Å². The summed E-state index contributed by atoms with van der Waals surface area (Å²) in [5, 5.41) is 0. The van der Waals surface area contributed by atoms with Gasteiger partial charge in [-0.1, -0.05) is 55.7 Å². The van der Waals surface area contributed by atoms with Gasteiger partial charge >= 0.3 is 6.11 Å². The second-order valence-corrected chi connectivity index (χ2v) is 8.87. The molecule has 178 valence electrons. The molecule has 0 N–H and O–H groups in total. The first-order chi connectivity index (χ1) is 16.3. The molecule has 0 bridgehead atoms. The molecular weight excluding hydrogens is 451 g/mol. The fourth-order valence-electron chi connectivity index (χ4n) is 4.57. The van der Waals surface area contributed by atoms with Gasteiger partial charge in [0, 0.05) is 22.8 Å². The zero-order valence-electron chi connectivity index (χ0n) is 18.3. The van der Waals surface area contributed by atoms with E-state index in [-0.39, 0.29) is 22.4 Å². The monoisotopic (exact) mass is 474 g/mol. The fourth-order valence-corrected chi connectivity index (χ4v) is 4.57. The number of epoxide rings is 1. The molecule has 7 heteroatoms. The number of hydrogen-bond donors (Lipinski definition) is 0. The van der Waals surface area contributed by atoms with Gasteiger partial charge in [0.2, 0.25) is 0 Å². The topological polar surface area (TPSA) is 21.8 Å². The Morgan fingerprint density at radius 1 is 0.765 bits per heavy atom. The summed E-state index contributed by atoms with van der Waals surface area (Å²) in [4.78, 5) is 0. The zero-order chi connectivity index (χ0) is 23.9. The predicted molar refractivity (Wildman–Crippen MR) is 118 cm³/mol. The first kappa shape index (κ1) is 22.8. The number of rotatable bonds is 6. The largest absolute Gasteiger partial charge is 0.432 e. The third-order valence-electron chi connectivity index (χ3n) is 6.57. The Morgan fingerprint density at radius 2 is 1.38 bits per heavy atom. The van der Waals surface area contributed by atoms with Crippen LogP contribution in [0.1, 0.15) is 43.8 Å². The van der Waals surface area contributed by atoms with Crippen molar-refractivity contribution < 1.29 is 31.4 Å². The lowest BCUT2D eigenvalue weighted by atomic mass is 9.88. The van der Waals surface area contributed by atoms with Gasteiger partial charge in [-0.15, -0.1) is 0 Å². The summed E-state index contributed by atoms with van der Waals surface area (Å²) < 4.78 is 82.6. The van der Waals surface area contributed by atoms with Crippen molar-refractivity contribution >= 4 is 0 Å². The van der Waals surface area contributed by atoms with Crippen LogP contribution in [0, 0.1) is 23.4 Å². The third kappa shape index (κ3) is 4.53. The summed E-state index contributed by atoms with van der Waals surface area (Å²) in [6.45, 7) is 0.373. The summed E-state index contributed by atoms with van der Waals surface area (Å²) in [5.74, 6) is -3.71. The first-order valence-electron chi connectivity index (χ1n) is 11.4. The van der Waals surface area contributed by atoms with Crippen LogP contribution in [0.3, 0.4) is 0 Å². The number of alkyl halides is 2. The maximum Gasteiger partial charge on any atom is 0.400 e. The van der Waals surface area contributed by atoms with E-state index in [1.807, 2.05) is 0 Å². The molecule has 1 unspecified atom stereocenters. The lowest BCUT2D eigenvalue weighted by molar-refractivity contribution is -0.221. The lowest BCUT2D eigenvalue weighted by Crippen LogP contribution is -2.36. The van der Waals surface area contributed by atoms with E-state index < -0.39 is 35.6 Å².